The van der Waals surface area contributed by atoms with Crippen molar-refractivity contribution in [2.24, 2.45) is 0 Å². The Balaban J connectivity index is 1.53. The molecule has 0 fully saturated rings. The van der Waals surface area contributed by atoms with Crippen molar-refractivity contribution in [2.45, 2.75) is 18.9 Å². The first-order chi connectivity index (χ1) is 11.6. The van der Waals surface area contributed by atoms with Gasteiger partial charge in [0.1, 0.15) is 5.82 Å². The predicted octanol–water partition coefficient (Wildman–Crippen LogP) is 3.09. The Morgan fingerprint density at radius 3 is 2.79 bits per heavy atom. The molecule has 0 spiro atoms. The van der Waals surface area contributed by atoms with E-state index in [2.05, 4.69) is 10.3 Å². The van der Waals surface area contributed by atoms with Gasteiger partial charge in [0, 0.05) is 23.6 Å². The second kappa shape index (κ2) is 7.27. The fourth-order valence-electron chi connectivity index (χ4n) is 2.72. The van der Waals surface area contributed by atoms with Crippen molar-refractivity contribution in [1.82, 2.24) is 10.3 Å². The summed E-state index contributed by atoms with van der Waals surface area (Å²) in [5, 5.41) is 13.6. The van der Waals surface area contributed by atoms with Gasteiger partial charge in [-0.25, -0.2) is 4.39 Å². The fourth-order valence-corrected chi connectivity index (χ4v) is 2.72. The van der Waals surface area contributed by atoms with E-state index >= 15 is 0 Å². The molecule has 0 aliphatic carbocycles. The van der Waals surface area contributed by atoms with Gasteiger partial charge in [0.15, 0.2) is 0 Å². The van der Waals surface area contributed by atoms with Gasteiger partial charge < -0.3 is 15.4 Å². The largest absolute Gasteiger partial charge is 0.388 e. The molecule has 1 amide bonds. The van der Waals surface area contributed by atoms with Gasteiger partial charge in [0.25, 0.3) is 0 Å². The first-order valence-electron chi connectivity index (χ1n) is 7.88. The van der Waals surface area contributed by atoms with Crippen LogP contribution >= 0.6 is 0 Å². The summed E-state index contributed by atoms with van der Waals surface area (Å²) >= 11 is 0. The van der Waals surface area contributed by atoms with Crippen LogP contribution in [0.25, 0.3) is 10.9 Å². The Labute approximate surface area is 139 Å². The number of halogens is 1. The summed E-state index contributed by atoms with van der Waals surface area (Å²) in [5.41, 5.74) is 2.39. The van der Waals surface area contributed by atoms with Crippen LogP contribution in [-0.4, -0.2) is 22.5 Å². The first kappa shape index (κ1) is 16.2. The van der Waals surface area contributed by atoms with E-state index in [1.54, 1.807) is 12.3 Å². The summed E-state index contributed by atoms with van der Waals surface area (Å²) < 4.78 is 13.3. The lowest BCUT2D eigenvalue weighted by Gasteiger charge is -2.11. The lowest BCUT2D eigenvalue weighted by atomic mass is 10.1. The molecule has 0 bridgehead atoms. The molecular formula is C19H19FN2O2. The molecule has 1 unspecified atom stereocenters. The second-order valence-electron chi connectivity index (χ2n) is 5.75. The van der Waals surface area contributed by atoms with Crippen molar-refractivity contribution < 1.29 is 14.3 Å². The van der Waals surface area contributed by atoms with Gasteiger partial charge >= 0.3 is 0 Å². The number of aliphatic hydroxyl groups excluding tert-OH is 1. The fraction of sp³-hybridized carbons (Fsp3) is 0.211. The maximum atomic E-state index is 13.3. The lowest BCUT2D eigenvalue weighted by molar-refractivity contribution is -0.120. The summed E-state index contributed by atoms with van der Waals surface area (Å²) in [7, 11) is 0. The molecule has 5 heteroatoms. The number of fused-ring (bicyclic) bond motifs is 1. The minimum Gasteiger partial charge on any atom is -0.388 e. The number of carbonyl (C=O) groups is 1. The van der Waals surface area contributed by atoms with E-state index in [1.807, 2.05) is 30.3 Å². The molecule has 124 valence electrons. The number of aliphatic hydroxyl groups is 1. The van der Waals surface area contributed by atoms with Gasteiger partial charge in [-0.05, 0) is 35.7 Å². The molecule has 1 heterocycles. The highest BCUT2D eigenvalue weighted by Gasteiger charge is 2.11. The Bertz CT molecular complexity index is 830. The molecule has 2 aromatic carbocycles. The molecule has 24 heavy (non-hydrogen) atoms. The van der Waals surface area contributed by atoms with E-state index in [0.29, 0.717) is 13.0 Å². The molecule has 3 aromatic rings. The number of hydrogen-bond donors (Lipinski definition) is 3. The number of aromatic nitrogens is 1. The summed E-state index contributed by atoms with van der Waals surface area (Å²) in [6, 6.07) is 13.8. The first-order valence-corrected chi connectivity index (χ1v) is 7.88. The monoisotopic (exact) mass is 326 g/mol. The van der Waals surface area contributed by atoms with Crippen molar-refractivity contribution in [3.8, 4) is 0 Å². The average molecular weight is 326 g/mol. The van der Waals surface area contributed by atoms with Crippen molar-refractivity contribution in [3.63, 3.8) is 0 Å². The standard InChI is InChI=1S/C19H19FN2O2/c20-15-6-7-17-16(11-15)14(12-22-17)10-19(24)21-9-8-18(23)13-4-2-1-3-5-13/h1-7,11-12,18,22-23H,8-10H2,(H,21,24). The zero-order valence-electron chi connectivity index (χ0n) is 13.1. The zero-order valence-corrected chi connectivity index (χ0v) is 13.1. The molecule has 3 rings (SSSR count). The normalized spacial score (nSPS) is 12.2. The van der Waals surface area contributed by atoms with E-state index in [9.17, 15) is 14.3 Å². The number of benzene rings is 2. The van der Waals surface area contributed by atoms with Crippen molar-refractivity contribution >= 4 is 16.8 Å². The molecule has 4 nitrogen and oxygen atoms in total. The number of rotatable bonds is 6. The lowest BCUT2D eigenvalue weighted by Crippen LogP contribution is -2.27. The highest BCUT2D eigenvalue weighted by atomic mass is 19.1. The molecule has 0 aliphatic rings. The number of amides is 1. The van der Waals surface area contributed by atoms with Crippen LogP contribution in [0, 0.1) is 5.82 Å². The summed E-state index contributed by atoms with van der Waals surface area (Å²) in [4.78, 5) is 15.1. The van der Waals surface area contributed by atoms with Crippen molar-refractivity contribution in [3.05, 3.63) is 71.7 Å². The Kier molecular flexibility index (Phi) is 4.91. The Morgan fingerprint density at radius 2 is 2.00 bits per heavy atom. The van der Waals surface area contributed by atoms with Crippen LogP contribution in [-0.2, 0) is 11.2 Å². The van der Waals surface area contributed by atoms with Gasteiger partial charge in [0.2, 0.25) is 5.91 Å². The SMILES string of the molecule is O=C(Cc1c[nH]c2ccc(F)cc12)NCCC(O)c1ccccc1. The second-order valence-corrected chi connectivity index (χ2v) is 5.75. The maximum absolute atomic E-state index is 13.3. The van der Waals surface area contributed by atoms with Crippen LogP contribution in [0.3, 0.4) is 0 Å². The molecule has 0 saturated heterocycles. The van der Waals surface area contributed by atoms with Gasteiger partial charge in [-0.15, -0.1) is 0 Å². The predicted molar refractivity (Wildman–Crippen MR) is 91.0 cm³/mol. The van der Waals surface area contributed by atoms with E-state index in [-0.39, 0.29) is 18.1 Å². The number of aromatic amines is 1. The molecular weight excluding hydrogens is 307 g/mol. The van der Waals surface area contributed by atoms with E-state index in [0.717, 1.165) is 22.0 Å². The van der Waals surface area contributed by atoms with Crippen LogP contribution in [0.1, 0.15) is 23.7 Å². The highest BCUT2D eigenvalue weighted by molar-refractivity contribution is 5.88. The third-order valence-corrected chi connectivity index (χ3v) is 4.00. The molecule has 3 N–H and O–H groups in total. The van der Waals surface area contributed by atoms with Crippen LogP contribution in [0.4, 0.5) is 4.39 Å². The molecule has 0 radical (unpaired) electrons. The van der Waals surface area contributed by atoms with Gasteiger partial charge in [-0.2, -0.15) is 0 Å². The minimum absolute atomic E-state index is 0.152. The third kappa shape index (κ3) is 3.81. The third-order valence-electron chi connectivity index (χ3n) is 4.00. The molecule has 0 aliphatic heterocycles. The summed E-state index contributed by atoms with van der Waals surface area (Å²) in [5.74, 6) is -0.477. The smallest absolute Gasteiger partial charge is 0.224 e. The van der Waals surface area contributed by atoms with Crippen molar-refractivity contribution in [1.29, 1.82) is 0 Å². The van der Waals surface area contributed by atoms with Crippen LogP contribution in [0.5, 0.6) is 0 Å². The zero-order chi connectivity index (χ0) is 16.9. The number of H-pyrrole nitrogens is 1. The van der Waals surface area contributed by atoms with Crippen molar-refractivity contribution in [2.75, 3.05) is 6.54 Å². The number of carbonyl (C=O) groups excluding carboxylic acids is 1. The van der Waals surface area contributed by atoms with Crippen LogP contribution < -0.4 is 5.32 Å². The van der Waals surface area contributed by atoms with E-state index in [4.69, 9.17) is 0 Å². The molecule has 1 atom stereocenters. The minimum atomic E-state index is -0.603. The average Bonchev–Trinajstić information content (AvgIpc) is 2.97. The topological polar surface area (TPSA) is 65.1 Å². The molecule has 1 aromatic heterocycles. The van der Waals surface area contributed by atoms with Gasteiger partial charge in [-0.1, -0.05) is 30.3 Å². The van der Waals surface area contributed by atoms with Gasteiger partial charge in [-0.3, -0.25) is 4.79 Å². The Hall–Kier alpha value is -2.66. The number of hydrogen-bond acceptors (Lipinski definition) is 2. The Morgan fingerprint density at radius 1 is 1.21 bits per heavy atom. The maximum Gasteiger partial charge on any atom is 0.224 e. The molecule has 0 saturated carbocycles. The summed E-state index contributed by atoms with van der Waals surface area (Å²) in [6.07, 6.45) is 1.74. The highest BCUT2D eigenvalue weighted by Crippen LogP contribution is 2.20. The van der Waals surface area contributed by atoms with E-state index in [1.165, 1.54) is 12.1 Å². The van der Waals surface area contributed by atoms with Crippen LogP contribution in [0.15, 0.2) is 54.7 Å². The van der Waals surface area contributed by atoms with E-state index < -0.39 is 6.10 Å². The summed E-state index contributed by atoms with van der Waals surface area (Å²) in [6.45, 7) is 0.381. The number of nitrogens with one attached hydrogen (secondary N) is 2. The van der Waals surface area contributed by atoms with Gasteiger partial charge in [0.05, 0.1) is 12.5 Å². The van der Waals surface area contributed by atoms with Crippen LogP contribution in [0.2, 0.25) is 0 Å². The quantitative estimate of drug-likeness (QED) is 0.652.